The van der Waals surface area contributed by atoms with Crippen molar-refractivity contribution in [2.24, 2.45) is 0 Å². The molecule has 1 aliphatic heterocycles. The molecule has 1 amide bonds. The van der Waals surface area contributed by atoms with Crippen LogP contribution in [-0.2, 0) is 16.2 Å². The molecule has 1 heterocycles. The quantitative estimate of drug-likeness (QED) is 0.723. The molecule has 0 radical (unpaired) electrons. The zero-order valence-corrected chi connectivity index (χ0v) is 15.3. The van der Waals surface area contributed by atoms with Crippen molar-refractivity contribution in [1.29, 1.82) is 0 Å². The van der Waals surface area contributed by atoms with Crippen molar-refractivity contribution in [3.05, 3.63) is 65.5 Å². The molecule has 2 aromatic carbocycles. The van der Waals surface area contributed by atoms with Gasteiger partial charge in [-0.2, -0.15) is 17.5 Å². The number of carbonyl (C=O) groups excluding carboxylic acids is 1. The highest BCUT2D eigenvalue weighted by molar-refractivity contribution is 7.89. The number of nitrogens with zero attached hydrogens (tertiary/aromatic N) is 2. The zero-order valence-electron chi connectivity index (χ0n) is 14.5. The Kier molecular flexibility index (Phi) is 5.44. The molecule has 0 spiro atoms. The molecule has 0 unspecified atom stereocenters. The van der Waals surface area contributed by atoms with Crippen molar-refractivity contribution in [2.45, 2.75) is 11.1 Å². The van der Waals surface area contributed by atoms with E-state index in [1.807, 2.05) is 0 Å². The number of carbonyl (C=O) groups is 1. The molecule has 3 rings (SSSR count). The predicted molar refractivity (Wildman–Crippen MR) is 92.5 cm³/mol. The first-order chi connectivity index (χ1) is 13.1. The lowest BCUT2D eigenvalue weighted by Crippen LogP contribution is -2.50. The molecule has 5 nitrogen and oxygen atoms in total. The third-order valence-electron chi connectivity index (χ3n) is 4.43. The van der Waals surface area contributed by atoms with Crippen LogP contribution in [0.2, 0.25) is 0 Å². The van der Waals surface area contributed by atoms with Crippen molar-refractivity contribution in [1.82, 2.24) is 9.21 Å². The predicted octanol–water partition coefficient (Wildman–Crippen LogP) is 2.99. The van der Waals surface area contributed by atoms with Crippen molar-refractivity contribution in [3.8, 4) is 0 Å². The van der Waals surface area contributed by atoms with Crippen molar-refractivity contribution in [3.63, 3.8) is 0 Å². The minimum Gasteiger partial charge on any atom is -0.336 e. The van der Waals surface area contributed by atoms with Crippen molar-refractivity contribution in [2.75, 3.05) is 26.2 Å². The van der Waals surface area contributed by atoms with Gasteiger partial charge in [0.05, 0.1) is 10.5 Å². The van der Waals surface area contributed by atoms with Gasteiger partial charge in [-0.25, -0.2) is 12.8 Å². The topological polar surface area (TPSA) is 57.7 Å². The molecule has 150 valence electrons. The summed E-state index contributed by atoms with van der Waals surface area (Å²) in [7, 11) is -4.37. The molecule has 0 bridgehead atoms. The third kappa shape index (κ3) is 4.02. The lowest BCUT2D eigenvalue weighted by Gasteiger charge is -2.34. The van der Waals surface area contributed by atoms with Gasteiger partial charge < -0.3 is 4.90 Å². The van der Waals surface area contributed by atoms with Gasteiger partial charge in [0.1, 0.15) is 5.82 Å². The number of sulfonamides is 1. The lowest BCUT2D eigenvalue weighted by atomic mass is 10.2. The number of rotatable bonds is 3. The maximum absolute atomic E-state index is 13.2. The molecule has 2 aromatic rings. The second-order valence-electron chi connectivity index (χ2n) is 6.20. The standard InChI is InChI=1S/C18H16F4N2O3S/c19-14-7-5-13(6-8-14)17(25)23-9-11-24(12-10-23)28(26,27)16-4-2-1-3-15(16)18(20,21)22/h1-8H,9-12H2. The Morgan fingerprint density at radius 2 is 1.46 bits per heavy atom. The van der Waals surface area contributed by atoms with E-state index in [1.165, 1.54) is 23.1 Å². The van der Waals surface area contributed by atoms with E-state index in [4.69, 9.17) is 0 Å². The summed E-state index contributed by atoms with van der Waals surface area (Å²) in [6, 6.07) is 8.93. The fraction of sp³-hybridized carbons (Fsp3) is 0.278. The van der Waals surface area contributed by atoms with E-state index in [0.717, 1.165) is 34.6 Å². The van der Waals surface area contributed by atoms with Gasteiger partial charge in [-0.15, -0.1) is 0 Å². The molecule has 28 heavy (non-hydrogen) atoms. The summed E-state index contributed by atoms with van der Waals surface area (Å²) in [5.41, 5.74) is -0.972. The van der Waals surface area contributed by atoms with E-state index in [1.54, 1.807) is 0 Å². The van der Waals surface area contributed by atoms with Crippen LogP contribution in [0.5, 0.6) is 0 Å². The first-order valence-corrected chi connectivity index (χ1v) is 9.76. The number of hydrogen-bond acceptors (Lipinski definition) is 3. The van der Waals surface area contributed by atoms with Gasteiger partial charge >= 0.3 is 6.18 Å². The maximum atomic E-state index is 13.2. The van der Waals surface area contributed by atoms with Crippen LogP contribution in [0.1, 0.15) is 15.9 Å². The fourth-order valence-corrected chi connectivity index (χ4v) is 4.61. The van der Waals surface area contributed by atoms with Gasteiger partial charge in [-0.3, -0.25) is 4.79 Å². The zero-order chi connectivity index (χ0) is 20.5. The first-order valence-electron chi connectivity index (χ1n) is 8.32. The van der Waals surface area contributed by atoms with E-state index >= 15 is 0 Å². The summed E-state index contributed by atoms with van der Waals surface area (Å²) in [5.74, 6) is -0.886. The molecule has 1 saturated heterocycles. The highest BCUT2D eigenvalue weighted by Gasteiger charge is 2.39. The van der Waals surface area contributed by atoms with Crippen LogP contribution in [0, 0.1) is 5.82 Å². The molecule has 0 aliphatic carbocycles. The summed E-state index contributed by atoms with van der Waals surface area (Å²) in [5, 5.41) is 0. The summed E-state index contributed by atoms with van der Waals surface area (Å²) in [6.45, 7) is -0.240. The van der Waals surface area contributed by atoms with Gasteiger partial charge in [0.25, 0.3) is 5.91 Å². The normalized spacial score (nSPS) is 16.2. The molecule has 0 aromatic heterocycles. The van der Waals surface area contributed by atoms with Gasteiger partial charge in [-0.05, 0) is 36.4 Å². The summed E-state index contributed by atoms with van der Waals surface area (Å²) in [4.78, 5) is 13.0. The second kappa shape index (κ2) is 7.51. The third-order valence-corrected chi connectivity index (χ3v) is 6.38. The highest BCUT2D eigenvalue weighted by Crippen LogP contribution is 2.35. The Labute approximate surface area is 159 Å². The average Bonchev–Trinajstić information content (AvgIpc) is 2.67. The molecule has 10 heteroatoms. The molecule has 0 N–H and O–H groups in total. The Hall–Kier alpha value is -2.46. The molecular weight excluding hydrogens is 400 g/mol. The van der Waals surface area contributed by atoms with E-state index in [-0.39, 0.29) is 31.7 Å². The van der Waals surface area contributed by atoms with E-state index in [2.05, 4.69) is 0 Å². The Morgan fingerprint density at radius 1 is 0.893 bits per heavy atom. The number of amides is 1. The van der Waals surface area contributed by atoms with Crippen LogP contribution < -0.4 is 0 Å². The highest BCUT2D eigenvalue weighted by atomic mass is 32.2. The van der Waals surface area contributed by atoms with Crippen LogP contribution in [0.15, 0.2) is 53.4 Å². The largest absolute Gasteiger partial charge is 0.417 e. The van der Waals surface area contributed by atoms with Crippen molar-refractivity contribution >= 4 is 15.9 Å². The number of alkyl halides is 3. The molecule has 1 fully saturated rings. The van der Waals surface area contributed by atoms with Crippen LogP contribution in [0.25, 0.3) is 0 Å². The summed E-state index contributed by atoms with van der Waals surface area (Å²) in [6.07, 6.45) is -4.80. The minimum absolute atomic E-state index is 0.0175. The number of benzene rings is 2. The summed E-state index contributed by atoms with van der Waals surface area (Å²) >= 11 is 0. The van der Waals surface area contributed by atoms with Crippen LogP contribution in [-0.4, -0.2) is 49.7 Å². The molecular formula is C18H16F4N2O3S. The second-order valence-corrected chi connectivity index (χ2v) is 8.10. The lowest BCUT2D eigenvalue weighted by molar-refractivity contribution is -0.139. The molecule has 0 saturated carbocycles. The SMILES string of the molecule is O=C(c1ccc(F)cc1)N1CCN(S(=O)(=O)c2ccccc2C(F)(F)F)CC1. The van der Waals surface area contributed by atoms with Gasteiger partial charge in [0.15, 0.2) is 0 Å². The molecule has 0 atom stereocenters. The smallest absolute Gasteiger partial charge is 0.336 e. The molecule has 1 aliphatic rings. The van der Waals surface area contributed by atoms with E-state index < -0.39 is 38.4 Å². The average molecular weight is 416 g/mol. The van der Waals surface area contributed by atoms with Gasteiger partial charge in [0, 0.05) is 31.7 Å². The maximum Gasteiger partial charge on any atom is 0.417 e. The minimum atomic E-state index is -4.80. The first kappa shape index (κ1) is 20.3. The Balaban J connectivity index is 1.76. The summed E-state index contributed by atoms with van der Waals surface area (Å²) < 4.78 is 78.9. The van der Waals surface area contributed by atoms with E-state index in [9.17, 15) is 30.8 Å². The van der Waals surface area contributed by atoms with Crippen LogP contribution in [0.4, 0.5) is 17.6 Å². The van der Waals surface area contributed by atoms with E-state index in [0.29, 0.717) is 0 Å². The number of piperazine rings is 1. The van der Waals surface area contributed by atoms with Gasteiger partial charge in [-0.1, -0.05) is 12.1 Å². The monoisotopic (exact) mass is 416 g/mol. The number of hydrogen-bond donors (Lipinski definition) is 0. The number of halogens is 4. The van der Waals surface area contributed by atoms with Crippen LogP contribution >= 0.6 is 0 Å². The van der Waals surface area contributed by atoms with Crippen molar-refractivity contribution < 1.29 is 30.8 Å². The Bertz CT molecular complexity index is 967. The van der Waals surface area contributed by atoms with Crippen LogP contribution in [0.3, 0.4) is 0 Å². The van der Waals surface area contributed by atoms with Gasteiger partial charge in [0.2, 0.25) is 10.0 Å². The fourth-order valence-electron chi connectivity index (χ4n) is 2.97. The Morgan fingerprint density at radius 3 is 2.04 bits per heavy atom.